The first kappa shape index (κ1) is 18.5. The van der Waals surface area contributed by atoms with Gasteiger partial charge in [0.05, 0.1) is 24.5 Å². The molecular formula is C19H29N5O2. The summed E-state index contributed by atoms with van der Waals surface area (Å²) >= 11 is 0. The van der Waals surface area contributed by atoms with Gasteiger partial charge in [0.2, 0.25) is 0 Å². The molecule has 2 N–H and O–H groups in total. The van der Waals surface area contributed by atoms with E-state index in [-0.39, 0.29) is 6.04 Å². The molecule has 0 aliphatic carbocycles. The van der Waals surface area contributed by atoms with E-state index in [1.807, 2.05) is 12.1 Å². The number of likely N-dealkylation sites (tertiary alicyclic amines) is 1. The number of aromatic nitrogens is 1. The lowest BCUT2D eigenvalue weighted by molar-refractivity contribution is 0.146. The molecule has 2 aromatic heterocycles. The molecule has 7 nitrogen and oxygen atoms in total. The molecule has 7 heteroatoms. The minimum atomic E-state index is 0.209. The van der Waals surface area contributed by atoms with Gasteiger partial charge >= 0.3 is 0 Å². The molecule has 0 saturated carbocycles. The van der Waals surface area contributed by atoms with Crippen molar-refractivity contribution < 1.29 is 8.94 Å². The Hall–Kier alpha value is -2.28. The van der Waals surface area contributed by atoms with Crippen LogP contribution in [0.25, 0.3) is 0 Å². The number of aryl methyl sites for hydroxylation is 1. The Balaban J connectivity index is 1.55. The molecular weight excluding hydrogens is 330 g/mol. The third-order valence-electron chi connectivity index (χ3n) is 4.79. The molecule has 1 atom stereocenters. The van der Waals surface area contributed by atoms with E-state index in [4.69, 9.17) is 8.94 Å². The van der Waals surface area contributed by atoms with E-state index in [2.05, 4.69) is 38.7 Å². The summed E-state index contributed by atoms with van der Waals surface area (Å²) in [5, 5.41) is 10.7. The van der Waals surface area contributed by atoms with Crippen molar-refractivity contribution in [3.8, 4) is 0 Å². The largest absolute Gasteiger partial charge is 0.468 e. The van der Waals surface area contributed by atoms with Crippen LogP contribution in [0.15, 0.2) is 38.4 Å². The Morgan fingerprint density at radius 1 is 1.31 bits per heavy atom. The molecule has 1 fully saturated rings. The number of hydrogen-bond acceptors (Lipinski definition) is 5. The van der Waals surface area contributed by atoms with Crippen molar-refractivity contribution in [2.45, 2.75) is 45.2 Å². The lowest BCUT2D eigenvalue weighted by Gasteiger charge is -2.33. The second kappa shape index (κ2) is 9.43. The Morgan fingerprint density at radius 2 is 2.15 bits per heavy atom. The maximum Gasteiger partial charge on any atom is 0.191 e. The smallest absolute Gasteiger partial charge is 0.191 e. The van der Waals surface area contributed by atoms with Gasteiger partial charge in [0.25, 0.3) is 0 Å². The number of furan rings is 1. The summed E-state index contributed by atoms with van der Waals surface area (Å²) in [5.74, 6) is 2.55. The van der Waals surface area contributed by atoms with Crippen molar-refractivity contribution in [1.29, 1.82) is 0 Å². The minimum absolute atomic E-state index is 0.209. The molecule has 1 unspecified atom stereocenters. The third kappa shape index (κ3) is 4.88. The number of guanidine groups is 1. The number of piperidine rings is 1. The van der Waals surface area contributed by atoms with E-state index in [9.17, 15) is 0 Å². The summed E-state index contributed by atoms with van der Waals surface area (Å²) < 4.78 is 11.0. The van der Waals surface area contributed by atoms with Gasteiger partial charge in [0.1, 0.15) is 5.76 Å². The molecule has 0 amide bonds. The van der Waals surface area contributed by atoms with Crippen LogP contribution in [0.1, 0.15) is 49.4 Å². The fraction of sp³-hybridized carbons (Fsp3) is 0.579. The monoisotopic (exact) mass is 359 g/mol. The van der Waals surface area contributed by atoms with Gasteiger partial charge in [0.15, 0.2) is 11.7 Å². The highest BCUT2D eigenvalue weighted by Crippen LogP contribution is 2.24. The molecule has 1 aliphatic rings. The fourth-order valence-corrected chi connectivity index (χ4v) is 3.31. The van der Waals surface area contributed by atoms with Gasteiger partial charge in [-0.2, -0.15) is 0 Å². The second-order valence-corrected chi connectivity index (χ2v) is 6.57. The molecule has 0 spiro atoms. The van der Waals surface area contributed by atoms with Crippen LogP contribution in [0.2, 0.25) is 0 Å². The zero-order valence-electron chi connectivity index (χ0n) is 15.7. The summed E-state index contributed by atoms with van der Waals surface area (Å²) in [6.07, 6.45) is 6.42. The predicted molar refractivity (Wildman–Crippen MR) is 101 cm³/mol. The summed E-state index contributed by atoms with van der Waals surface area (Å²) in [6, 6.07) is 6.19. The molecule has 3 rings (SSSR count). The number of nitrogens with zero attached hydrogens (tertiary/aromatic N) is 3. The summed E-state index contributed by atoms with van der Waals surface area (Å²) in [7, 11) is 1.77. The van der Waals surface area contributed by atoms with Crippen molar-refractivity contribution in [1.82, 2.24) is 20.7 Å². The van der Waals surface area contributed by atoms with Crippen LogP contribution in [0, 0.1) is 0 Å². The molecule has 142 valence electrons. The minimum Gasteiger partial charge on any atom is -0.468 e. The fourth-order valence-electron chi connectivity index (χ4n) is 3.31. The second-order valence-electron chi connectivity index (χ2n) is 6.57. The van der Waals surface area contributed by atoms with Crippen LogP contribution >= 0.6 is 0 Å². The zero-order valence-corrected chi connectivity index (χ0v) is 15.7. The molecule has 0 radical (unpaired) electrons. The quantitative estimate of drug-likeness (QED) is 0.585. The number of aliphatic imine (C=N–C) groups is 1. The van der Waals surface area contributed by atoms with E-state index < -0.39 is 0 Å². The van der Waals surface area contributed by atoms with Gasteiger partial charge in [-0.05, 0) is 44.5 Å². The molecule has 3 heterocycles. The lowest BCUT2D eigenvalue weighted by atomic mass is 10.1. The van der Waals surface area contributed by atoms with Crippen LogP contribution in [0.4, 0.5) is 0 Å². The van der Waals surface area contributed by atoms with Gasteiger partial charge in [-0.15, -0.1) is 0 Å². The van der Waals surface area contributed by atoms with Crippen LogP contribution in [-0.2, 0) is 13.0 Å². The van der Waals surface area contributed by atoms with Gasteiger partial charge in [-0.25, -0.2) is 0 Å². The molecule has 1 saturated heterocycles. The van der Waals surface area contributed by atoms with Crippen molar-refractivity contribution >= 4 is 5.96 Å². The van der Waals surface area contributed by atoms with Crippen LogP contribution in [0.3, 0.4) is 0 Å². The Labute approximate surface area is 154 Å². The maximum atomic E-state index is 5.69. The predicted octanol–water partition coefficient (Wildman–Crippen LogP) is 2.72. The molecule has 26 heavy (non-hydrogen) atoms. The van der Waals surface area contributed by atoms with Crippen LogP contribution < -0.4 is 10.6 Å². The molecule has 2 aromatic rings. The van der Waals surface area contributed by atoms with Crippen molar-refractivity contribution in [3.05, 3.63) is 41.7 Å². The van der Waals surface area contributed by atoms with Gasteiger partial charge in [0, 0.05) is 19.7 Å². The first-order chi connectivity index (χ1) is 12.8. The van der Waals surface area contributed by atoms with E-state index in [0.717, 1.165) is 49.2 Å². The Morgan fingerprint density at radius 3 is 2.81 bits per heavy atom. The molecule has 1 aliphatic heterocycles. The summed E-state index contributed by atoms with van der Waals surface area (Å²) in [4.78, 5) is 6.80. The van der Waals surface area contributed by atoms with Crippen molar-refractivity contribution in [2.75, 3.05) is 26.7 Å². The highest BCUT2D eigenvalue weighted by Gasteiger charge is 2.24. The third-order valence-corrected chi connectivity index (χ3v) is 4.79. The van der Waals surface area contributed by atoms with Gasteiger partial charge in [-0.1, -0.05) is 18.5 Å². The number of nitrogens with one attached hydrogen (secondary N) is 2. The average molecular weight is 359 g/mol. The van der Waals surface area contributed by atoms with E-state index >= 15 is 0 Å². The summed E-state index contributed by atoms with van der Waals surface area (Å²) in [5.41, 5.74) is 0.965. The van der Waals surface area contributed by atoms with E-state index in [1.165, 1.54) is 19.3 Å². The first-order valence-corrected chi connectivity index (χ1v) is 9.46. The topological polar surface area (TPSA) is 78.8 Å². The van der Waals surface area contributed by atoms with Crippen molar-refractivity contribution in [3.63, 3.8) is 0 Å². The SMILES string of the molecule is CCc1cc(CNC(=NC)NCC(c2ccco2)N2CCCCC2)on1. The molecule has 0 aromatic carbocycles. The highest BCUT2D eigenvalue weighted by atomic mass is 16.5. The maximum absolute atomic E-state index is 5.69. The Kier molecular flexibility index (Phi) is 6.71. The van der Waals surface area contributed by atoms with Crippen molar-refractivity contribution in [2.24, 2.45) is 4.99 Å². The van der Waals surface area contributed by atoms with Gasteiger partial charge in [-0.3, -0.25) is 9.89 Å². The van der Waals surface area contributed by atoms with Crippen LogP contribution in [-0.4, -0.2) is 42.7 Å². The first-order valence-electron chi connectivity index (χ1n) is 9.46. The van der Waals surface area contributed by atoms with Gasteiger partial charge < -0.3 is 19.6 Å². The van der Waals surface area contributed by atoms with E-state index in [0.29, 0.717) is 6.54 Å². The molecule has 0 bridgehead atoms. The standard InChI is InChI=1S/C19H29N5O2/c1-3-15-12-16(26-23-15)13-21-19(20-2)22-14-17(18-8-7-11-25-18)24-9-5-4-6-10-24/h7-8,11-12,17H,3-6,9-10,13-14H2,1-2H3,(H2,20,21,22). The summed E-state index contributed by atoms with van der Waals surface area (Å²) in [6.45, 7) is 5.57. The Bertz CT molecular complexity index is 674. The number of rotatable bonds is 7. The zero-order chi connectivity index (χ0) is 18.2. The lowest BCUT2D eigenvalue weighted by Crippen LogP contribution is -2.44. The number of hydrogen-bond donors (Lipinski definition) is 2. The van der Waals surface area contributed by atoms with Crippen LogP contribution in [0.5, 0.6) is 0 Å². The van der Waals surface area contributed by atoms with E-state index in [1.54, 1.807) is 13.3 Å². The normalized spacial score (nSPS) is 17.2. The highest BCUT2D eigenvalue weighted by molar-refractivity contribution is 5.79. The average Bonchev–Trinajstić information content (AvgIpc) is 3.37.